The second kappa shape index (κ2) is 18.9. The van der Waals surface area contributed by atoms with E-state index in [2.05, 4.69) is 37.2 Å². The number of amides is 1. The molecule has 0 aliphatic carbocycles. The highest BCUT2D eigenvalue weighted by molar-refractivity contribution is 9.09. The van der Waals surface area contributed by atoms with Crippen LogP contribution in [0, 0.1) is 6.92 Å². The quantitative estimate of drug-likeness (QED) is 0.320. The number of hydrogen-bond acceptors (Lipinski definition) is 3. The van der Waals surface area contributed by atoms with Crippen LogP contribution in [-0.4, -0.2) is 22.5 Å². The number of halogens is 2. The number of ether oxygens (including phenoxy) is 1. The second-order valence-corrected chi connectivity index (χ2v) is 6.53. The molecule has 1 aromatic rings. The van der Waals surface area contributed by atoms with Crippen molar-refractivity contribution in [3.63, 3.8) is 0 Å². The fourth-order valence-electron chi connectivity index (χ4n) is 1.84. The number of benzene rings is 1. The van der Waals surface area contributed by atoms with Crippen molar-refractivity contribution in [3.05, 3.63) is 29.3 Å². The van der Waals surface area contributed by atoms with Crippen LogP contribution >= 0.6 is 31.9 Å². The molecule has 6 heteroatoms. The fraction of sp³-hybridized carbons (Fsp3) is 0.600. The summed E-state index contributed by atoms with van der Waals surface area (Å²) in [4.78, 5) is 23.2. The van der Waals surface area contributed by atoms with Gasteiger partial charge in [-0.3, -0.25) is 9.59 Å². The summed E-state index contributed by atoms with van der Waals surface area (Å²) in [5.74, 6) is -0.180. The van der Waals surface area contributed by atoms with Crippen LogP contribution in [-0.2, 0) is 20.9 Å². The number of anilines is 1. The molecule has 1 N–H and O–H groups in total. The summed E-state index contributed by atoms with van der Waals surface area (Å²) in [5, 5.41) is 4.51. The molecule has 0 bridgehead atoms. The molecule has 0 aliphatic rings. The third kappa shape index (κ3) is 13.3. The van der Waals surface area contributed by atoms with E-state index < -0.39 is 0 Å². The number of carbonyl (C=O) groups excluding carboxylic acids is 2. The lowest BCUT2D eigenvalue weighted by molar-refractivity contribution is -0.144. The van der Waals surface area contributed by atoms with Gasteiger partial charge in [0, 0.05) is 29.2 Å². The van der Waals surface area contributed by atoms with Gasteiger partial charge in [-0.15, -0.1) is 0 Å². The molecule has 0 saturated carbocycles. The first-order chi connectivity index (χ1) is 12.6. The largest absolute Gasteiger partial charge is 0.461 e. The summed E-state index contributed by atoms with van der Waals surface area (Å²) in [5.41, 5.74) is 2.68. The van der Waals surface area contributed by atoms with Crippen LogP contribution in [0.5, 0.6) is 0 Å². The highest BCUT2D eigenvalue weighted by Gasteiger charge is 2.07. The zero-order valence-electron chi connectivity index (χ0n) is 16.7. The van der Waals surface area contributed by atoms with Gasteiger partial charge in [-0.1, -0.05) is 71.7 Å². The zero-order valence-corrected chi connectivity index (χ0v) is 19.8. The second-order valence-electron chi connectivity index (χ2n) is 4.94. The van der Waals surface area contributed by atoms with E-state index in [1.807, 2.05) is 52.8 Å². The molecule has 0 atom stereocenters. The molecule has 4 nitrogen and oxygen atoms in total. The number of alkyl halides is 2. The monoisotopic (exact) mass is 493 g/mol. The Bertz CT molecular complexity index is 508. The summed E-state index contributed by atoms with van der Waals surface area (Å²) < 4.78 is 5.21. The predicted molar refractivity (Wildman–Crippen MR) is 118 cm³/mol. The maximum Gasteiger partial charge on any atom is 0.306 e. The average molecular weight is 495 g/mol. The molecule has 0 aliphatic heterocycles. The SMILES string of the molecule is CC.CC.Cc1cc(COC(=O)CCCBr)ccc1NC(=O)CCCBr. The van der Waals surface area contributed by atoms with Crippen molar-refractivity contribution in [2.45, 2.75) is 66.9 Å². The van der Waals surface area contributed by atoms with Crippen LogP contribution in [0.4, 0.5) is 5.69 Å². The Morgan fingerprint density at radius 3 is 2.12 bits per heavy atom. The first-order valence-electron chi connectivity index (χ1n) is 9.23. The first kappa shape index (κ1) is 27.3. The molecule has 0 spiro atoms. The maximum absolute atomic E-state index is 11.7. The van der Waals surface area contributed by atoms with Crippen molar-refractivity contribution >= 4 is 49.4 Å². The topological polar surface area (TPSA) is 55.4 Å². The Morgan fingerprint density at radius 2 is 1.58 bits per heavy atom. The molecule has 0 fully saturated rings. The molecule has 0 aromatic heterocycles. The standard InChI is InChI=1S/C16H21Br2NO3.2C2H6/c1-12-10-13(11-22-16(21)5-3-9-18)6-7-14(12)19-15(20)4-2-8-17;2*1-2/h6-7,10H,2-5,8-9,11H2,1H3,(H,19,20);2*1-2H3. The highest BCUT2D eigenvalue weighted by Crippen LogP contribution is 2.18. The van der Waals surface area contributed by atoms with Crippen molar-refractivity contribution in [2.75, 3.05) is 16.0 Å². The van der Waals surface area contributed by atoms with Gasteiger partial charge in [0.05, 0.1) is 0 Å². The molecule has 1 rings (SSSR count). The minimum atomic E-state index is -0.191. The summed E-state index contributed by atoms with van der Waals surface area (Å²) in [7, 11) is 0. The minimum absolute atomic E-state index is 0.0106. The normalized spacial score (nSPS) is 9.19. The van der Waals surface area contributed by atoms with E-state index in [1.165, 1.54) is 0 Å². The van der Waals surface area contributed by atoms with Crippen molar-refractivity contribution in [3.8, 4) is 0 Å². The number of nitrogens with one attached hydrogen (secondary N) is 1. The Labute approximate surface area is 175 Å². The van der Waals surface area contributed by atoms with E-state index in [4.69, 9.17) is 4.74 Å². The van der Waals surface area contributed by atoms with Crippen LogP contribution < -0.4 is 5.32 Å². The third-order valence-corrected chi connectivity index (χ3v) is 4.14. The van der Waals surface area contributed by atoms with E-state index >= 15 is 0 Å². The maximum atomic E-state index is 11.7. The van der Waals surface area contributed by atoms with Crippen LogP contribution in [0.25, 0.3) is 0 Å². The van der Waals surface area contributed by atoms with Gasteiger partial charge in [0.1, 0.15) is 6.61 Å². The van der Waals surface area contributed by atoms with Crippen molar-refractivity contribution in [1.29, 1.82) is 0 Å². The van der Waals surface area contributed by atoms with Gasteiger partial charge < -0.3 is 10.1 Å². The Morgan fingerprint density at radius 1 is 1.00 bits per heavy atom. The van der Waals surface area contributed by atoms with Crippen LogP contribution in [0.15, 0.2) is 18.2 Å². The van der Waals surface area contributed by atoms with E-state index in [1.54, 1.807) is 0 Å². The summed E-state index contributed by atoms with van der Waals surface area (Å²) >= 11 is 6.59. The molecule has 1 amide bonds. The van der Waals surface area contributed by atoms with Gasteiger partial charge in [-0.2, -0.15) is 0 Å². The van der Waals surface area contributed by atoms with E-state index in [0.717, 1.165) is 40.3 Å². The van der Waals surface area contributed by atoms with Crippen molar-refractivity contribution in [1.82, 2.24) is 0 Å². The molecule has 0 radical (unpaired) electrons. The van der Waals surface area contributed by atoms with E-state index in [0.29, 0.717) is 12.8 Å². The molecule has 150 valence electrons. The van der Waals surface area contributed by atoms with Crippen molar-refractivity contribution in [2.24, 2.45) is 0 Å². The molecule has 0 heterocycles. The lowest BCUT2D eigenvalue weighted by Gasteiger charge is -2.10. The van der Waals surface area contributed by atoms with Crippen LogP contribution in [0.3, 0.4) is 0 Å². The lowest BCUT2D eigenvalue weighted by atomic mass is 10.1. The smallest absolute Gasteiger partial charge is 0.306 e. The Hall–Kier alpha value is -0.880. The average Bonchev–Trinajstić information content (AvgIpc) is 2.68. The zero-order chi connectivity index (χ0) is 20.4. The van der Waals surface area contributed by atoms with Gasteiger partial charge in [0.15, 0.2) is 0 Å². The predicted octanol–water partition coefficient (Wildman–Crippen LogP) is 6.38. The minimum Gasteiger partial charge on any atom is -0.461 e. The number of rotatable bonds is 9. The van der Waals surface area contributed by atoms with Gasteiger partial charge in [0.25, 0.3) is 0 Å². The highest BCUT2D eigenvalue weighted by atomic mass is 79.9. The fourth-order valence-corrected chi connectivity index (χ4v) is 2.40. The Balaban J connectivity index is 0. The summed E-state index contributed by atoms with van der Waals surface area (Å²) in [6, 6.07) is 5.64. The van der Waals surface area contributed by atoms with Gasteiger partial charge in [-0.25, -0.2) is 0 Å². The van der Waals surface area contributed by atoms with Crippen molar-refractivity contribution < 1.29 is 14.3 Å². The molecular weight excluding hydrogens is 462 g/mol. The van der Waals surface area contributed by atoms with Crippen LogP contribution in [0.2, 0.25) is 0 Å². The summed E-state index contributed by atoms with van der Waals surface area (Å²) in [6.45, 7) is 10.2. The Kier molecular flexibility index (Phi) is 19.9. The number of hydrogen-bond donors (Lipinski definition) is 1. The lowest BCUT2D eigenvalue weighted by Crippen LogP contribution is -2.12. The van der Waals surface area contributed by atoms with Crippen LogP contribution in [0.1, 0.15) is 64.5 Å². The molecule has 1 aromatic carbocycles. The van der Waals surface area contributed by atoms with E-state index in [9.17, 15) is 9.59 Å². The first-order valence-corrected chi connectivity index (χ1v) is 11.5. The van der Waals surface area contributed by atoms with Gasteiger partial charge in [-0.05, 0) is 37.0 Å². The molecule has 0 saturated heterocycles. The third-order valence-electron chi connectivity index (χ3n) is 3.02. The molecule has 26 heavy (non-hydrogen) atoms. The number of esters is 1. The summed E-state index contributed by atoms with van der Waals surface area (Å²) in [6.07, 6.45) is 2.51. The molecule has 0 unspecified atom stereocenters. The van der Waals surface area contributed by atoms with E-state index in [-0.39, 0.29) is 18.5 Å². The molecular formula is C20H33Br2NO3. The van der Waals surface area contributed by atoms with Gasteiger partial charge >= 0.3 is 5.97 Å². The number of carbonyl (C=O) groups is 2. The number of aryl methyl sites for hydroxylation is 1. The van der Waals surface area contributed by atoms with Gasteiger partial charge in [0.2, 0.25) is 5.91 Å².